The molecule has 1 aliphatic heterocycles. The van der Waals surface area contributed by atoms with Crippen LogP contribution in [-0.2, 0) is 17.6 Å². The fourth-order valence-electron chi connectivity index (χ4n) is 8.77. The molecule has 1 aromatic carbocycles. The van der Waals surface area contributed by atoms with Gasteiger partial charge in [-0.2, -0.15) is 5.26 Å². The zero-order valence-electron chi connectivity index (χ0n) is 24.4. The van der Waals surface area contributed by atoms with Crippen LogP contribution in [0.1, 0.15) is 65.6 Å². The Labute approximate surface area is 253 Å². The van der Waals surface area contributed by atoms with E-state index in [2.05, 4.69) is 21.4 Å². The Bertz CT molecular complexity index is 1490. The highest BCUT2D eigenvalue weighted by atomic mass is 16.2. The van der Waals surface area contributed by atoms with Crippen molar-refractivity contribution < 1.29 is 9.59 Å². The van der Waals surface area contributed by atoms with Crippen molar-refractivity contribution in [2.24, 2.45) is 29.6 Å². The molecule has 0 atom stereocenters. The van der Waals surface area contributed by atoms with Gasteiger partial charge in [-0.15, -0.1) is 0 Å². The standard InChI is InChI=1S/C36H37N5O2/c37-23-26-1-3-29(4-2-26)33(42)20-34-40-36(21-24-5-10-38-11-6-24,22-25-7-12-39-13-8-25)35(43)41(34)14-9-32-30-16-27-15-28(18-30)19-31(32)17-27/h1-8,10-13,20,27-28,30-32,40H,9,14-19,21-22H2. The van der Waals surface area contributed by atoms with Crippen molar-refractivity contribution >= 4 is 11.7 Å². The van der Waals surface area contributed by atoms with Gasteiger partial charge in [0, 0.05) is 55.8 Å². The largest absolute Gasteiger partial charge is 0.357 e. The summed E-state index contributed by atoms with van der Waals surface area (Å²) in [4.78, 5) is 38.4. The molecule has 0 spiro atoms. The van der Waals surface area contributed by atoms with Crippen LogP contribution in [0.3, 0.4) is 0 Å². The number of allylic oxidation sites excluding steroid dienone is 1. The van der Waals surface area contributed by atoms with Crippen molar-refractivity contribution in [2.75, 3.05) is 6.54 Å². The molecule has 43 heavy (non-hydrogen) atoms. The van der Waals surface area contributed by atoms with Gasteiger partial charge in [0.1, 0.15) is 11.4 Å². The molecule has 1 saturated heterocycles. The first kappa shape index (κ1) is 27.5. The van der Waals surface area contributed by atoms with Crippen LogP contribution in [0, 0.1) is 40.9 Å². The first-order chi connectivity index (χ1) is 21.0. The molecule has 3 aromatic rings. The fourth-order valence-corrected chi connectivity index (χ4v) is 8.77. The first-order valence-corrected chi connectivity index (χ1v) is 15.6. The van der Waals surface area contributed by atoms with E-state index in [-0.39, 0.29) is 11.7 Å². The van der Waals surface area contributed by atoms with Crippen molar-refractivity contribution in [3.8, 4) is 6.07 Å². The minimum atomic E-state index is -0.955. The second-order valence-corrected chi connectivity index (χ2v) is 13.2. The predicted octanol–water partition coefficient (Wildman–Crippen LogP) is 5.49. The fraction of sp³-hybridized carbons (Fsp3) is 0.417. The van der Waals surface area contributed by atoms with Gasteiger partial charge >= 0.3 is 0 Å². The predicted molar refractivity (Wildman–Crippen MR) is 162 cm³/mol. The molecule has 7 heteroatoms. The maximum Gasteiger partial charge on any atom is 0.254 e. The molecular formula is C36H37N5O2. The topological polar surface area (TPSA) is 99.0 Å². The molecule has 1 N–H and O–H groups in total. The van der Waals surface area contributed by atoms with Crippen molar-refractivity contribution in [1.29, 1.82) is 5.26 Å². The molecule has 4 aliphatic carbocycles. The van der Waals surface area contributed by atoms with E-state index in [4.69, 9.17) is 0 Å². The van der Waals surface area contributed by atoms with Gasteiger partial charge in [-0.1, -0.05) is 0 Å². The van der Waals surface area contributed by atoms with E-state index in [1.54, 1.807) is 55.1 Å². The average Bonchev–Trinajstić information content (AvgIpc) is 3.26. The van der Waals surface area contributed by atoms with E-state index in [0.717, 1.165) is 41.2 Å². The summed E-state index contributed by atoms with van der Waals surface area (Å²) in [7, 11) is 0. The average molecular weight is 572 g/mol. The van der Waals surface area contributed by atoms with Gasteiger partial charge in [0.05, 0.1) is 11.6 Å². The Morgan fingerprint density at radius 3 is 1.98 bits per heavy atom. The monoisotopic (exact) mass is 571 g/mol. The van der Waals surface area contributed by atoms with Gasteiger partial charge in [-0.05, 0) is 128 Å². The van der Waals surface area contributed by atoms with Crippen LogP contribution in [0.5, 0.6) is 0 Å². The Morgan fingerprint density at radius 2 is 1.44 bits per heavy atom. The minimum Gasteiger partial charge on any atom is -0.357 e. The highest BCUT2D eigenvalue weighted by Crippen LogP contribution is 2.57. The molecular weight excluding hydrogens is 534 g/mol. The van der Waals surface area contributed by atoms with Crippen molar-refractivity contribution in [1.82, 2.24) is 20.2 Å². The molecule has 8 rings (SSSR count). The molecule has 5 aliphatic rings. The van der Waals surface area contributed by atoms with Crippen LogP contribution in [0.15, 0.2) is 85.2 Å². The summed E-state index contributed by atoms with van der Waals surface area (Å²) in [5.41, 5.74) is 2.05. The van der Waals surface area contributed by atoms with E-state index in [1.165, 1.54) is 32.1 Å². The number of nitrogens with one attached hydrogen (secondary N) is 1. The SMILES string of the molecule is N#Cc1ccc(C(=O)C=C2NC(Cc3ccncc3)(Cc3ccncc3)C(=O)N2CCC2C3CC4CC(C3)CC2C4)cc1. The lowest BCUT2D eigenvalue weighted by Gasteiger charge is -2.54. The van der Waals surface area contributed by atoms with Gasteiger partial charge < -0.3 is 5.32 Å². The summed E-state index contributed by atoms with van der Waals surface area (Å²) in [6.45, 7) is 0.597. The van der Waals surface area contributed by atoms with E-state index in [1.807, 2.05) is 29.2 Å². The van der Waals surface area contributed by atoms with Gasteiger partial charge in [-0.3, -0.25) is 24.5 Å². The van der Waals surface area contributed by atoms with E-state index >= 15 is 0 Å². The summed E-state index contributed by atoms with van der Waals surface area (Å²) in [6.07, 6.45) is 17.3. The second-order valence-electron chi connectivity index (χ2n) is 13.2. The Kier molecular flexibility index (Phi) is 7.30. The van der Waals surface area contributed by atoms with Crippen molar-refractivity contribution in [3.63, 3.8) is 0 Å². The molecule has 1 amide bonds. The number of hydrogen-bond donors (Lipinski definition) is 1. The Balaban J connectivity index is 1.22. The minimum absolute atomic E-state index is 0.00354. The third-order valence-electron chi connectivity index (χ3n) is 10.5. The van der Waals surface area contributed by atoms with Crippen LogP contribution in [0.25, 0.3) is 0 Å². The lowest BCUT2D eigenvalue weighted by molar-refractivity contribution is -0.132. The number of nitriles is 1. The zero-order valence-corrected chi connectivity index (χ0v) is 24.4. The normalized spacial score (nSPS) is 27.7. The quantitative estimate of drug-likeness (QED) is 0.269. The van der Waals surface area contributed by atoms with E-state index in [9.17, 15) is 14.9 Å². The summed E-state index contributed by atoms with van der Waals surface area (Å²) < 4.78 is 0. The second kappa shape index (κ2) is 11.4. The van der Waals surface area contributed by atoms with Crippen LogP contribution >= 0.6 is 0 Å². The summed E-state index contributed by atoms with van der Waals surface area (Å²) in [5, 5.41) is 12.8. The highest BCUT2D eigenvalue weighted by molar-refractivity contribution is 6.06. The van der Waals surface area contributed by atoms with Crippen molar-refractivity contribution in [3.05, 3.63) is 107 Å². The third-order valence-corrected chi connectivity index (χ3v) is 10.5. The number of ketones is 1. The van der Waals surface area contributed by atoms with Crippen LogP contribution in [0.2, 0.25) is 0 Å². The molecule has 5 fully saturated rings. The lowest BCUT2D eigenvalue weighted by Crippen LogP contribution is -2.51. The number of amides is 1. The molecule has 0 unspecified atom stereocenters. The number of benzene rings is 1. The molecule has 7 nitrogen and oxygen atoms in total. The number of rotatable bonds is 9. The van der Waals surface area contributed by atoms with Gasteiger partial charge in [0.25, 0.3) is 5.91 Å². The van der Waals surface area contributed by atoms with E-state index < -0.39 is 5.54 Å². The number of pyridine rings is 2. The maximum atomic E-state index is 14.7. The lowest BCUT2D eigenvalue weighted by atomic mass is 9.51. The third kappa shape index (κ3) is 5.47. The van der Waals surface area contributed by atoms with Gasteiger partial charge in [0.2, 0.25) is 0 Å². The van der Waals surface area contributed by atoms with Crippen LogP contribution in [0.4, 0.5) is 0 Å². The van der Waals surface area contributed by atoms with Crippen LogP contribution in [-0.4, -0.2) is 38.6 Å². The molecule has 4 saturated carbocycles. The van der Waals surface area contributed by atoms with Crippen molar-refractivity contribution in [2.45, 2.75) is 56.9 Å². The number of hydrogen-bond acceptors (Lipinski definition) is 6. The number of aromatic nitrogens is 2. The maximum absolute atomic E-state index is 14.7. The zero-order chi connectivity index (χ0) is 29.4. The number of carbonyl (C=O) groups excluding carboxylic acids is 2. The summed E-state index contributed by atoms with van der Waals surface area (Å²) >= 11 is 0. The molecule has 4 bridgehead atoms. The molecule has 0 radical (unpaired) electrons. The molecule has 2 aromatic heterocycles. The summed E-state index contributed by atoms with van der Waals surface area (Å²) in [6, 6.07) is 16.6. The summed E-state index contributed by atoms with van der Waals surface area (Å²) in [5.74, 6) is 4.37. The number of carbonyl (C=O) groups is 2. The van der Waals surface area contributed by atoms with Gasteiger partial charge in [0.15, 0.2) is 5.78 Å². The van der Waals surface area contributed by atoms with Gasteiger partial charge in [-0.25, -0.2) is 0 Å². The molecule has 218 valence electrons. The molecule has 3 heterocycles. The smallest absolute Gasteiger partial charge is 0.254 e. The van der Waals surface area contributed by atoms with Crippen LogP contribution < -0.4 is 5.32 Å². The highest BCUT2D eigenvalue weighted by Gasteiger charge is 2.51. The Morgan fingerprint density at radius 1 is 0.884 bits per heavy atom. The Hall–Kier alpha value is -4.31. The first-order valence-electron chi connectivity index (χ1n) is 15.6. The number of nitrogens with zero attached hydrogens (tertiary/aromatic N) is 4. The van der Waals surface area contributed by atoms with E-state index in [0.29, 0.717) is 42.3 Å².